The van der Waals surface area contributed by atoms with Crippen LogP contribution in [0.25, 0.3) is 0 Å². The van der Waals surface area contributed by atoms with Gasteiger partial charge in [-0.1, -0.05) is 17.7 Å². The monoisotopic (exact) mass is 261 g/mol. The van der Waals surface area contributed by atoms with Crippen LogP contribution in [0.15, 0.2) is 28.7 Å². The second kappa shape index (κ2) is 5.99. The molecule has 19 heavy (non-hydrogen) atoms. The normalized spacial score (nSPS) is 10.2. The number of benzene rings is 1. The fourth-order valence-corrected chi connectivity index (χ4v) is 1.42. The van der Waals surface area contributed by atoms with E-state index in [1.807, 2.05) is 31.2 Å². The summed E-state index contributed by atoms with van der Waals surface area (Å²) in [6, 6.07) is 7.50. The van der Waals surface area contributed by atoms with Crippen LogP contribution in [0.5, 0.6) is 5.75 Å². The molecule has 100 valence electrons. The Morgan fingerprint density at radius 3 is 2.63 bits per heavy atom. The average molecular weight is 261 g/mol. The van der Waals surface area contributed by atoms with Crippen LogP contribution in [-0.2, 0) is 11.3 Å². The lowest BCUT2D eigenvalue weighted by atomic mass is 10.2. The van der Waals surface area contributed by atoms with Crippen LogP contribution >= 0.6 is 0 Å². The summed E-state index contributed by atoms with van der Waals surface area (Å²) in [7, 11) is 0. The minimum atomic E-state index is -0.239. The summed E-state index contributed by atoms with van der Waals surface area (Å²) >= 11 is 0. The third-order valence-electron chi connectivity index (χ3n) is 2.40. The van der Waals surface area contributed by atoms with Gasteiger partial charge in [0.1, 0.15) is 5.75 Å². The molecular weight excluding hydrogens is 246 g/mol. The van der Waals surface area contributed by atoms with E-state index in [4.69, 9.17) is 9.15 Å². The molecular formula is C13H15N3O3. The van der Waals surface area contributed by atoms with Gasteiger partial charge in [-0.3, -0.25) is 4.79 Å². The molecule has 0 aliphatic heterocycles. The van der Waals surface area contributed by atoms with Crippen molar-refractivity contribution in [3.63, 3.8) is 0 Å². The van der Waals surface area contributed by atoms with Gasteiger partial charge >= 0.3 is 0 Å². The van der Waals surface area contributed by atoms with Crippen molar-refractivity contribution in [2.75, 3.05) is 6.61 Å². The molecule has 0 aliphatic rings. The number of hydrogen-bond acceptors (Lipinski definition) is 5. The van der Waals surface area contributed by atoms with Gasteiger partial charge in [-0.25, -0.2) is 0 Å². The molecule has 0 radical (unpaired) electrons. The molecule has 1 aromatic heterocycles. The van der Waals surface area contributed by atoms with Crippen molar-refractivity contribution in [2.24, 2.45) is 0 Å². The summed E-state index contributed by atoms with van der Waals surface area (Å²) < 4.78 is 10.5. The van der Waals surface area contributed by atoms with E-state index in [9.17, 15) is 4.79 Å². The predicted molar refractivity (Wildman–Crippen MR) is 67.6 cm³/mol. The Morgan fingerprint density at radius 2 is 2.00 bits per heavy atom. The highest BCUT2D eigenvalue weighted by atomic mass is 16.5. The van der Waals surface area contributed by atoms with Crippen LogP contribution in [0.4, 0.5) is 0 Å². The van der Waals surface area contributed by atoms with Gasteiger partial charge < -0.3 is 14.5 Å². The molecule has 0 bridgehead atoms. The topological polar surface area (TPSA) is 77.2 Å². The number of nitrogens with zero attached hydrogens (tertiary/aromatic N) is 2. The molecule has 1 N–H and O–H groups in total. The van der Waals surface area contributed by atoms with Crippen LogP contribution in [0.3, 0.4) is 0 Å². The lowest BCUT2D eigenvalue weighted by Gasteiger charge is -2.06. The van der Waals surface area contributed by atoms with Crippen molar-refractivity contribution >= 4 is 5.91 Å². The van der Waals surface area contributed by atoms with Crippen LogP contribution in [0.1, 0.15) is 17.3 Å². The lowest BCUT2D eigenvalue weighted by molar-refractivity contribution is -0.123. The minimum Gasteiger partial charge on any atom is -0.484 e. The Hall–Kier alpha value is -2.37. The second-order valence-corrected chi connectivity index (χ2v) is 4.09. The highest BCUT2D eigenvalue weighted by Crippen LogP contribution is 2.10. The van der Waals surface area contributed by atoms with Gasteiger partial charge in [-0.2, -0.15) is 0 Å². The number of aromatic nitrogens is 2. The lowest BCUT2D eigenvalue weighted by Crippen LogP contribution is -2.28. The first kappa shape index (κ1) is 13.1. The Bertz CT molecular complexity index is 549. The van der Waals surface area contributed by atoms with E-state index in [1.165, 1.54) is 0 Å². The maximum atomic E-state index is 11.5. The molecule has 1 heterocycles. The van der Waals surface area contributed by atoms with Crippen molar-refractivity contribution in [2.45, 2.75) is 20.4 Å². The summed E-state index contributed by atoms with van der Waals surface area (Å²) in [5.41, 5.74) is 1.14. The van der Waals surface area contributed by atoms with Crippen LogP contribution < -0.4 is 10.1 Å². The number of aryl methyl sites for hydroxylation is 2. The Morgan fingerprint density at radius 1 is 1.26 bits per heavy atom. The molecule has 2 aromatic rings. The summed E-state index contributed by atoms with van der Waals surface area (Å²) in [5, 5.41) is 10.1. The first-order valence-corrected chi connectivity index (χ1v) is 5.88. The van der Waals surface area contributed by atoms with Gasteiger partial charge in [0.25, 0.3) is 5.91 Å². The first-order chi connectivity index (χ1) is 9.13. The highest BCUT2D eigenvalue weighted by Gasteiger charge is 2.06. The van der Waals surface area contributed by atoms with Crippen molar-refractivity contribution in [3.8, 4) is 5.75 Å². The fourth-order valence-electron chi connectivity index (χ4n) is 1.42. The summed E-state index contributed by atoms with van der Waals surface area (Å²) in [4.78, 5) is 11.5. The zero-order chi connectivity index (χ0) is 13.7. The molecule has 2 rings (SSSR count). The molecule has 6 heteroatoms. The predicted octanol–water partition coefficient (Wildman–Crippen LogP) is 1.38. The Balaban J connectivity index is 1.74. The number of rotatable bonds is 5. The van der Waals surface area contributed by atoms with Gasteiger partial charge in [-0.05, 0) is 19.1 Å². The van der Waals surface area contributed by atoms with E-state index in [0.717, 1.165) is 5.56 Å². The van der Waals surface area contributed by atoms with Crippen LogP contribution in [0, 0.1) is 13.8 Å². The summed E-state index contributed by atoms with van der Waals surface area (Å²) in [6.07, 6.45) is 0. The van der Waals surface area contributed by atoms with Crippen molar-refractivity contribution < 1.29 is 13.9 Å². The molecule has 1 amide bonds. The molecule has 0 aliphatic carbocycles. The number of hydrogen-bond donors (Lipinski definition) is 1. The van der Waals surface area contributed by atoms with E-state index in [0.29, 0.717) is 17.5 Å². The number of nitrogens with one attached hydrogen (secondary N) is 1. The highest BCUT2D eigenvalue weighted by molar-refractivity contribution is 5.77. The van der Waals surface area contributed by atoms with Crippen molar-refractivity contribution in [1.82, 2.24) is 15.5 Å². The van der Waals surface area contributed by atoms with Gasteiger partial charge in [0, 0.05) is 6.92 Å². The van der Waals surface area contributed by atoms with Crippen molar-refractivity contribution in [1.29, 1.82) is 0 Å². The molecule has 0 fully saturated rings. The number of carbonyl (C=O) groups excluding carboxylic acids is 1. The molecule has 0 saturated heterocycles. The van der Waals surface area contributed by atoms with E-state index in [2.05, 4.69) is 15.5 Å². The SMILES string of the molecule is Cc1ccc(OCC(=O)NCc2nnc(C)o2)cc1. The Labute approximate surface area is 110 Å². The van der Waals surface area contributed by atoms with E-state index in [-0.39, 0.29) is 19.1 Å². The molecule has 0 unspecified atom stereocenters. The summed E-state index contributed by atoms with van der Waals surface area (Å²) in [5.74, 6) is 1.27. The third-order valence-corrected chi connectivity index (χ3v) is 2.40. The third kappa shape index (κ3) is 4.09. The number of carbonyl (C=O) groups is 1. The quantitative estimate of drug-likeness (QED) is 0.879. The first-order valence-electron chi connectivity index (χ1n) is 5.88. The molecule has 0 atom stereocenters. The molecule has 1 aromatic carbocycles. The number of amides is 1. The summed E-state index contributed by atoms with van der Waals surface area (Å²) in [6.45, 7) is 3.84. The van der Waals surface area contributed by atoms with Gasteiger partial charge in [0.2, 0.25) is 11.8 Å². The Kier molecular flexibility index (Phi) is 4.12. The van der Waals surface area contributed by atoms with E-state index in [1.54, 1.807) is 6.92 Å². The number of ether oxygens (including phenoxy) is 1. The second-order valence-electron chi connectivity index (χ2n) is 4.09. The van der Waals surface area contributed by atoms with Gasteiger partial charge in [0.05, 0.1) is 6.54 Å². The van der Waals surface area contributed by atoms with E-state index >= 15 is 0 Å². The van der Waals surface area contributed by atoms with Gasteiger partial charge in [0.15, 0.2) is 6.61 Å². The molecule has 0 saturated carbocycles. The van der Waals surface area contributed by atoms with Gasteiger partial charge in [-0.15, -0.1) is 10.2 Å². The molecule has 0 spiro atoms. The van der Waals surface area contributed by atoms with Crippen LogP contribution in [-0.4, -0.2) is 22.7 Å². The zero-order valence-corrected chi connectivity index (χ0v) is 10.8. The maximum Gasteiger partial charge on any atom is 0.258 e. The standard InChI is InChI=1S/C13H15N3O3/c1-9-3-5-11(6-4-9)18-8-12(17)14-7-13-16-15-10(2)19-13/h3-6H,7-8H2,1-2H3,(H,14,17). The average Bonchev–Trinajstić information content (AvgIpc) is 2.81. The van der Waals surface area contributed by atoms with E-state index < -0.39 is 0 Å². The molecule has 6 nitrogen and oxygen atoms in total. The zero-order valence-electron chi connectivity index (χ0n) is 10.8. The van der Waals surface area contributed by atoms with Crippen molar-refractivity contribution in [3.05, 3.63) is 41.6 Å². The van der Waals surface area contributed by atoms with Crippen LogP contribution in [0.2, 0.25) is 0 Å². The smallest absolute Gasteiger partial charge is 0.258 e. The largest absolute Gasteiger partial charge is 0.484 e. The maximum absolute atomic E-state index is 11.5. The minimum absolute atomic E-state index is 0.0455. The fraction of sp³-hybridized carbons (Fsp3) is 0.308.